The average Bonchev–Trinajstić information content (AvgIpc) is 2.62. The third-order valence-corrected chi connectivity index (χ3v) is 4.94. The topological polar surface area (TPSA) is 44.1 Å². The molecule has 26 heavy (non-hydrogen) atoms. The number of benzene rings is 1. The summed E-state index contributed by atoms with van der Waals surface area (Å²) < 4.78 is 7.84. The fraction of sp³-hybridized carbons (Fsp3) is 0.455. The molecule has 4 heteroatoms. The third-order valence-electron chi connectivity index (χ3n) is 4.94. The molecule has 0 spiro atoms. The lowest BCUT2D eigenvalue weighted by atomic mass is 9.97. The second kappa shape index (κ2) is 7.48. The molecule has 0 aliphatic heterocycles. The summed E-state index contributed by atoms with van der Waals surface area (Å²) in [5.41, 5.74) is 2.06. The van der Waals surface area contributed by atoms with Crippen LogP contribution in [0.5, 0.6) is 5.75 Å². The third kappa shape index (κ3) is 3.46. The summed E-state index contributed by atoms with van der Waals surface area (Å²) in [6.07, 6.45) is 5.59. The van der Waals surface area contributed by atoms with Gasteiger partial charge in [0.1, 0.15) is 5.75 Å². The minimum absolute atomic E-state index is 0.0244. The normalized spacial score (nSPS) is 11.8. The van der Waals surface area contributed by atoms with Crippen LogP contribution in [0.2, 0.25) is 0 Å². The lowest BCUT2D eigenvalue weighted by Gasteiger charge is -2.18. The van der Waals surface area contributed by atoms with Crippen LogP contribution in [0, 0.1) is 5.92 Å². The van der Waals surface area contributed by atoms with E-state index in [1.807, 2.05) is 19.2 Å². The molecule has 138 valence electrons. The van der Waals surface area contributed by atoms with Crippen LogP contribution >= 0.6 is 0 Å². The Kier molecular flexibility index (Phi) is 5.30. The first-order valence-corrected chi connectivity index (χ1v) is 9.43. The van der Waals surface area contributed by atoms with E-state index in [1.54, 1.807) is 17.0 Å². The van der Waals surface area contributed by atoms with Gasteiger partial charge in [-0.05, 0) is 47.8 Å². The highest BCUT2D eigenvalue weighted by molar-refractivity contribution is 6.06. The molecule has 1 aromatic carbocycles. The quantitative estimate of drug-likeness (QED) is 0.462. The zero-order valence-electron chi connectivity index (χ0n) is 16.4. The van der Waals surface area contributed by atoms with Crippen molar-refractivity contribution in [1.29, 1.82) is 0 Å². The van der Waals surface area contributed by atoms with Gasteiger partial charge in [0.15, 0.2) is 0 Å². The van der Waals surface area contributed by atoms with E-state index in [0.29, 0.717) is 23.8 Å². The molecule has 0 atom stereocenters. The first-order chi connectivity index (χ1) is 12.4. The van der Waals surface area contributed by atoms with Crippen molar-refractivity contribution >= 4 is 21.7 Å². The van der Waals surface area contributed by atoms with Gasteiger partial charge in [0.05, 0.1) is 17.5 Å². The zero-order valence-corrected chi connectivity index (χ0v) is 16.4. The number of fused-ring (bicyclic) bond motifs is 3. The molecule has 0 saturated carbocycles. The molecule has 0 saturated heterocycles. The van der Waals surface area contributed by atoms with Crippen LogP contribution in [0.3, 0.4) is 0 Å². The van der Waals surface area contributed by atoms with Crippen LogP contribution < -0.4 is 10.3 Å². The second-order valence-corrected chi connectivity index (χ2v) is 7.73. The van der Waals surface area contributed by atoms with E-state index in [9.17, 15) is 4.79 Å². The van der Waals surface area contributed by atoms with Gasteiger partial charge in [0.25, 0.3) is 5.56 Å². The number of pyridine rings is 2. The lowest BCUT2D eigenvalue weighted by molar-refractivity contribution is 0.294. The minimum atomic E-state index is -0.0244. The molecule has 0 aliphatic rings. The van der Waals surface area contributed by atoms with Crippen molar-refractivity contribution in [2.24, 2.45) is 13.0 Å². The van der Waals surface area contributed by atoms with Gasteiger partial charge in [0, 0.05) is 30.9 Å². The van der Waals surface area contributed by atoms with Crippen LogP contribution in [0.4, 0.5) is 0 Å². The molecular formula is C22H28N2O2. The van der Waals surface area contributed by atoms with E-state index in [-0.39, 0.29) is 5.56 Å². The molecule has 2 aromatic heterocycles. The van der Waals surface area contributed by atoms with Gasteiger partial charge >= 0.3 is 0 Å². The molecule has 0 fully saturated rings. The van der Waals surface area contributed by atoms with Gasteiger partial charge in [-0.2, -0.15) is 0 Å². The van der Waals surface area contributed by atoms with Crippen molar-refractivity contribution in [2.45, 2.75) is 46.5 Å². The molecule has 4 nitrogen and oxygen atoms in total. The van der Waals surface area contributed by atoms with Gasteiger partial charge in [-0.15, -0.1) is 0 Å². The Bertz CT molecular complexity index is 987. The van der Waals surface area contributed by atoms with Gasteiger partial charge in [-0.1, -0.05) is 27.7 Å². The predicted molar refractivity (Wildman–Crippen MR) is 108 cm³/mol. The summed E-state index contributed by atoms with van der Waals surface area (Å²) in [4.78, 5) is 16.8. The second-order valence-electron chi connectivity index (χ2n) is 7.73. The van der Waals surface area contributed by atoms with Crippen LogP contribution in [0.25, 0.3) is 21.7 Å². The summed E-state index contributed by atoms with van der Waals surface area (Å²) in [7, 11) is 1.81. The number of aromatic nitrogens is 2. The number of hydrogen-bond acceptors (Lipinski definition) is 3. The summed E-state index contributed by atoms with van der Waals surface area (Å²) in [6, 6.07) is 6.13. The lowest BCUT2D eigenvalue weighted by Crippen LogP contribution is -2.18. The van der Waals surface area contributed by atoms with E-state index in [0.717, 1.165) is 34.9 Å². The summed E-state index contributed by atoms with van der Waals surface area (Å²) in [5.74, 6) is 1.91. The maximum atomic E-state index is 12.7. The first-order valence-electron chi connectivity index (χ1n) is 9.43. The highest BCUT2D eigenvalue weighted by Crippen LogP contribution is 2.33. The number of nitrogens with zero attached hydrogens (tertiary/aromatic N) is 2. The Morgan fingerprint density at radius 2 is 1.88 bits per heavy atom. The minimum Gasteiger partial charge on any atom is -0.493 e. The van der Waals surface area contributed by atoms with Crippen LogP contribution in [-0.2, 0) is 7.05 Å². The summed E-state index contributed by atoms with van der Waals surface area (Å²) >= 11 is 0. The van der Waals surface area contributed by atoms with Crippen molar-refractivity contribution in [3.63, 3.8) is 0 Å². The highest BCUT2D eigenvalue weighted by Gasteiger charge is 2.15. The summed E-state index contributed by atoms with van der Waals surface area (Å²) in [5, 5.41) is 2.68. The van der Waals surface area contributed by atoms with Gasteiger partial charge in [-0.25, -0.2) is 0 Å². The Balaban J connectivity index is 2.14. The largest absolute Gasteiger partial charge is 0.493 e. The number of rotatable bonds is 6. The molecule has 0 amide bonds. The number of hydrogen-bond donors (Lipinski definition) is 0. The van der Waals surface area contributed by atoms with Crippen molar-refractivity contribution in [2.75, 3.05) is 6.61 Å². The molecule has 2 heterocycles. The Morgan fingerprint density at radius 3 is 2.58 bits per heavy atom. The van der Waals surface area contributed by atoms with Gasteiger partial charge in [0.2, 0.25) is 0 Å². The van der Waals surface area contributed by atoms with Crippen molar-refractivity contribution < 1.29 is 4.74 Å². The van der Waals surface area contributed by atoms with E-state index in [4.69, 9.17) is 4.74 Å². The van der Waals surface area contributed by atoms with Crippen LogP contribution in [0.15, 0.2) is 35.4 Å². The fourth-order valence-electron chi connectivity index (χ4n) is 3.42. The molecule has 0 unspecified atom stereocenters. The molecule has 0 N–H and O–H groups in total. The van der Waals surface area contributed by atoms with Crippen LogP contribution in [-0.4, -0.2) is 16.2 Å². The van der Waals surface area contributed by atoms with E-state index in [1.165, 1.54) is 5.56 Å². The van der Waals surface area contributed by atoms with Gasteiger partial charge < -0.3 is 9.30 Å². The molecule has 3 aromatic rings. The first kappa shape index (κ1) is 18.4. The average molecular weight is 352 g/mol. The SMILES string of the molecule is CC(C)CCCOc1cc2c(cc1C(C)C)c1ccncc1c(=O)n2C. The molecule has 0 aliphatic carbocycles. The van der Waals surface area contributed by atoms with E-state index in [2.05, 4.69) is 38.7 Å². The van der Waals surface area contributed by atoms with E-state index >= 15 is 0 Å². The van der Waals surface area contributed by atoms with Crippen molar-refractivity contribution in [3.05, 3.63) is 46.5 Å². The maximum absolute atomic E-state index is 12.7. The number of ether oxygens (including phenoxy) is 1. The standard InChI is InChI=1S/C22H28N2O2/c1-14(2)7-6-10-26-21-12-20-18(11-17(21)15(3)4)16-8-9-23-13-19(16)22(25)24(20)5/h8-9,11-15H,6-7,10H2,1-5H3. The Morgan fingerprint density at radius 1 is 1.12 bits per heavy atom. The zero-order chi connectivity index (χ0) is 18.8. The molecule has 0 bridgehead atoms. The number of aryl methyl sites for hydroxylation is 1. The molecular weight excluding hydrogens is 324 g/mol. The summed E-state index contributed by atoms with van der Waals surface area (Å²) in [6.45, 7) is 9.51. The van der Waals surface area contributed by atoms with Crippen molar-refractivity contribution in [3.8, 4) is 5.75 Å². The van der Waals surface area contributed by atoms with Gasteiger partial charge in [-0.3, -0.25) is 9.78 Å². The fourth-order valence-corrected chi connectivity index (χ4v) is 3.42. The smallest absolute Gasteiger partial charge is 0.260 e. The van der Waals surface area contributed by atoms with Crippen LogP contribution in [0.1, 0.15) is 52.0 Å². The Labute approximate surface area is 154 Å². The monoisotopic (exact) mass is 352 g/mol. The molecule has 0 radical (unpaired) electrons. The highest BCUT2D eigenvalue weighted by atomic mass is 16.5. The van der Waals surface area contributed by atoms with Crippen molar-refractivity contribution in [1.82, 2.24) is 9.55 Å². The Hall–Kier alpha value is -2.36. The maximum Gasteiger partial charge on any atom is 0.260 e. The van der Waals surface area contributed by atoms with E-state index < -0.39 is 0 Å². The predicted octanol–water partition coefficient (Wildman–Crippen LogP) is 5.03. The molecule has 3 rings (SSSR count).